The molecule has 2 aliphatic rings. The Hall–Kier alpha value is -0.860. The first-order chi connectivity index (χ1) is 11.7. The largest absolute Gasteiger partial charge is 0.399 e. The molecular formula is C18H35N3O4. The van der Waals surface area contributed by atoms with Crippen LogP contribution in [-0.4, -0.2) is 53.5 Å². The molecule has 1 heterocycles. The Labute approximate surface area is 150 Å². The molecule has 0 radical (unpaired) electrons. The van der Waals surface area contributed by atoms with Crippen LogP contribution in [0.3, 0.4) is 0 Å². The van der Waals surface area contributed by atoms with Gasteiger partial charge in [0.25, 0.3) is 0 Å². The molecule has 7 nitrogen and oxygen atoms in total. The van der Waals surface area contributed by atoms with Gasteiger partial charge in [0.15, 0.2) is 6.29 Å². The second kappa shape index (κ2) is 8.68. The van der Waals surface area contributed by atoms with E-state index in [1.807, 2.05) is 6.92 Å². The van der Waals surface area contributed by atoms with Crippen molar-refractivity contribution in [3.63, 3.8) is 0 Å². The fraction of sp³-hybridized carbons (Fsp3) is 0.889. The number of nitrogens with zero attached hydrogens (tertiary/aromatic N) is 1. The molecule has 0 spiro atoms. The van der Waals surface area contributed by atoms with Gasteiger partial charge in [0.2, 0.25) is 0 Å². The summed E-state index contributed by atoms with van der Waals surface area (Å²) in [6.07, 6.45) is 5.60. The molecule has 6 N–H and O–H groups in total. The predicted octanol–water partition coefficient (Wildman–Crippen LogP) is 0.909. The molecule has 0 aromatic rings. The SMILES string of the molecule is CC1CCC2CCC[C@@H](C(C)[C@@H](O)OC/C(N)=C/N(C)N)[C@@]2(O)CO1. The van der Waals surface area contributed by atoms with Gasteiger partial charge >= 0.3 is 0 Å². The van der Waals surface area contributed by atoms with Crippen LogP contribution in [-0.2, 0) is 9.47 Å². The molecule has 7 heteroatoms. The van der Waals surface area contributed by atoms with Gasteiger partial charge in [-0.15, -0.1) is 0 Å². The van der Waals surface area contributed by atoms with Crippen molar-refractivity contribution in [1.29, 1.82) is 0 Å². The highest BCUT2D eigenvalue weighted by Gasteiger charge is 2.50. The van der Waals surface area contributed by atoms with E-state index in [9.17, 15) is 10.2 Å². The summed E-state index contributed by atoms with van der Waals surface area (Å²) >= 11 is 0. The number of fused-ring (bicyclic) bond motifs is 1. The molecule has 3 unspecified atom stereocenters. The minimum absolute atomic E-state index is 0.0612. The zero-order chi connectivity index (χ0) is 18.6. The van der Waals surface area contributed by atoms with Gasteiger partial charge in [0, 0.05) is 19.2 Å². The summed E-state index contributed by atoms with van der Waals surface area (Å²) in [4.78, 5) is 0. The van der Waals surface area contributed by atoms with Crippen molar-refractivity contribution >= 4 is 0 Å². The van der Waals surface area contributed by atoms with Gasteiger partial charge in [-0.3, -0.25) is 0 Å². The van der Waals surface area contributed by atoms with Crippen LogP contribution >= 0.6 is 0 Å². The van der Waals surface area contributed by atoms with E-state index in [0.29, 0.717) is 12.3 Å². The number of aliphatic hydroxyl groups excluding tert-OH is 1. The second-order valence-corrected chi connectivity index (χ2v) is 7.85. The first-order valence-corrected chi connectivity index (χ1v) is 9.31. The summed E-state index contributed by atoms with van der Waals surface area (Å²) in [6.45, 7) is 4.41. The quantitative estimate of drug-likeness (QED) is 0.317. The average Bonchev–Trinajstić information content (AvgIpc) is 2.70. The third-order valence-corrected chi connectivity index (χ3v) is 5.81. The van der Waals surface area contributed by atoms with Crippen molar-refractivity contribution in [3.05, 3.63) is 11.9 Å². The van der Waals surface area contributed by atoms with Gasteiger partial charge in [-0.1, -0.05) is 13.3 Å². The normalized spacial score (nSPS) is 36.2. The zero-order valence-electron chi connectivity index (χ0n) is 15.7. The van der Waals surface area contributed by atoms with E-state index in [1.165, 1.54) is 5.01 Å². The molecule has 25 heavy (non-hydrogen) atoms. The van der Waals surface area contributed by atoms with Crippen molar-refractivity contribution in [2.24, 2.45) is 29.3 Å². The number of hydrogen-bond acceptors (Lipinski definition) is 7. The number of aliphatic hydroxyl groups is 2. The summed E-state index contributed by atoms with van der Waals surface area (Å²) in [5, 5.41) is 23.2. The van der Waals surface area contributed by atoms with Crippen LogP contribution in [0, 0.1) is 17.8 Å². The van der Waals surface area contributed by atoms with Crippen LogP contribution in [0.15, 0.2) is 11.9 Å². The van der Waals surface area contributed by atoms with Crippen LogP contribution in [0.2, 0.25) is 0 Å². The van der Waals surface area contributed by atoms with Gasteiger partial charge < -0.3 is 30.4 Å². The second-order valence-electron chi connectivity index (χ2n) is 7.85. The van der Waals surface area contributed by atoms with Crippen LogP contribution < -0.4 is 11.6 Å². The molecule has 1 aliphatic heterocycles. The lowest BCUT2D eigenvalue weighted by Crippen LogP contribution is -2.54. The summed E-state index contributed by atoms with van der Waals surface area (Å²) in [5.74, 6) is 5.45. The van der Waals surface area contributed by atoms with Gasteiger partial charge in [0.05, 0.1) is 30.6 Å². The number of ether oxygens (including phenoxy) is 2. The number of nitrogens with two attached hydrogens (primary N) is 2. The zero-order valence-corrected chi connectivity index (χ0v) is 15.7. The predicted molar refractivity (Wildman–Crippen MR) is 95.8 cm³/mol. The Morgan fingerprint density at radius 1 is 1.40 bits per heavy atom. The lowest BCUT2D eigenvalue weighted by Gasteiger charge is -2.48. The highest BCUT2D eigenvalue weighted by Crippen LogP contribution is 2.47. The van der Waals surface area contributed by atoms with Crippen molar-refractivity contribution < 1.29 is 19.7 Å². The third kappa shape index (κ3) is 5.08. The summed E-state index contributed by atoms with van der Waals surface area (Å²) < 4.78 is 11.4. The van der Waals surface area contributed by atoms with Gasteiger partial charge in [-0.2, -0.15) is 0 Å². The van der Waals surface area contributed by atoms with E-state index < -0.39 is 11.9 Å². The molecule has 6 atom stereocenters. The molecule has 1 saturated heterocycles. The first-order valence-electron chi connectivity index (χ1n) is 9.31. The topological polar surface area (TPSA) is 114 Å². The molecule has 1 saturated carbocycles. The van der Waals surface area contributed by atoms with Crippen LogP contribution in [0.1, 0.15) is 46.0 Å². The maximum atomic E-state index is 11.4. The number of hydrogen-bond donors (Lipinski definition) is 4. The van der Waals surface area contributed by atoms with Crippen LogP contribution in [0.5, 0.6) is 0 Å². The third-order valence-electron chi connectivity index (χ3n) is 5.81. The van der Waals surface area contributed by atoms with E-state index in [4.69, 9.17) is 21.1 Å². The Kier molecular flexibility index (Phi) is 7.10. The molecular weight excluding hydrogens is 322 g/mol. The van der Waals surface area contributed by atoms with E-state index in [1.54, 1.807) is 13.2 Å². The Bertz CT molecular complexity index is 460. The van der Waals surface area contributed by atoms with Crippen molar-refractivity contribution in [2.75, 3.05) is 20.3 Å². The molecule has 0 amide bonds. The van der Waals surface area contributed by atoms with Crippen molar-refractivity contribution in [3.8, 4) is 0 Å². The van der Waals surface area contributed by atoms with Gasteiger partial charge in [-0.05, 0) is 44.4 Å². The molecule has 146 valence electrons. The van der Waals surface area contributed by atoms with E-state index in [2.05, 4.69) is 6.92 Å². The Balaban J connectivity index is 2.02. The number of rotatable bonds is 6. The van der Waals surface area contributed by atoms with Gasteiger partial charge in [-0.25, -0.2) is 5.84 Å². The summed E-state index contributed by atoms with van der Waals surface area (Å²) in [5.41, 5.74) is 5.34. The fourth-order valence-electron chi connectivity index (χ4n) is 4.35. The minimum Gasteiger partial charge on any atom is -0.399 e. The van der Waals surface area contributed by atoms with Crippen molar-refractivity contribution in [1.82, 2.24) is 5.01 Å². The Morgan fingerprint density at radius 3 is 2.80 bits per heavy atom. The molecule has 2 rings (SSSR count). The lowest BCUT2D eigenvalue weighted by molar-refractivity contribution is -0.197. The maximum Gasteiger partial charge on any atom is 0.157 e. The summed E-state index contributed by atoms with van der Waals surface area (Å²) in [7, 11) is 1.66. The van der Waals surface area contributed by atoms with Crippen LogP contribution in [0.4, 0.5) is 0 Å². The summed E-state index contributed by atoms with van der Waals surface area (Å²) in [6, 6.07) is 0. The molecule has 0 aromatic carbocycles. The first kappa shape index (κ1) is 20.5. The monoisotopic (exact) mass is 357 g/mol. The molecule has 2 fully saturated rings. The standard InChI is InChI=1S/C18H35N3O4/c1-12-7-8-14-5-4-6-16(18(14,23)11-25-12)13(2)17(22)24-10-15(19)9-21(3)20/h9,12-14,16-17,22-23H,4-8,10-11,19-20H2,1-3H3/b15-9-/t12?,13?,14?,16-,17-,18+/m0/s1. The highest BCUT2D eigenvalue weighted by atomic mass is 16.6. The van der Waals surface area contributed by atoms with Crippen molar-refractivity contribution in [2.45, 2.75) is 63.9 Å². The Morgan fingerprint density at radius 2 is 2.12 bits per heavy atom. The van der Waals surface area contributed by atoms with Gasteiger partial charge in [0.1, 0.15) is 0 Å². The van der Waals surface area contributed by atoms with E-state index >= 15 is 0 Å². The molecule has 0 bridgehead atoms. The van der Waals surface area contributed by atoms with E-state index in [0.717, 1.165) is 32.1 Å². The molecule has 0 aromatic heterocycles. The number of hydrazine groups is 1. The maximum absolute atomic E-state index is 11.4. The highest BCUT2D eigenvalue weighted by molar-refractivity contribution is 5.00. The lowest BCUT2D eigenvalue weighted by atomic mass is 9.63. The minimum atomic E-state index is -0.997. The average molecular weight is 357 g/mol. The molecule has 1 aliphatic carbocycles. The van der Waals surface area contributed by atoms with Crippen LogP contribution in [0.25, 0.3) is 0 Å². The smallest absolute Gasteiger partial charge is 0.157 e. The fourth-order valence-corrected chi connectivity index (χ4v) is 4.35. The van der Waals surface area contributed by atoms with E-state index in [-0.39, 0.29) is 30.5 Å².